The average molecular weight is 369 g/mol. The first-order chi connectivity index (χ1) is 12.7. The third-order valence-corrected chi connectivity index (χ3v) is 4.19. The molecule has 0 saturated carbocycles. The number of tetrazole rings is 1. The number of ether oxygens (including phenoxy) is 1. The number of nitrogens with zero attached hydrogens (tertiary/aromatic N) is 4. The Hall–Kier alpha value is -3.33. The van der Waals surface area contributed by atoms with Crippen molar-refractivity contribution in [1.29, 1.82) is 0 Å². The van der Waals surface area contributed by atoms with E-state index in [9.17, 15) is 9.59 Å². The molecule has 0 saturated heterocycles. The van der Waals surface area contributed by atoms with Gasteiger partial charge in [0, 0.05) is 17.5 Å². The van der Waals surface area contributed by atoms with Crippen molar-refractivity contribution in [2.24, 2.45) is 0 Å². The fraction of sp³-hybridized carbons (Fsp3) is 0.118. The number of thiophene rings is 1. The van der Waals surface area contributed by atoms with Gasteiger partial charge in [0.15, 0.2) is 18.1 Å². The number of amides is 1. The van der Waals surface area contributed by atoms with Crippen molar-refractivity contribution in [3.05, 3.63) is 52.7 Å². The minimum atomic E-state index is -0.702. The molecule has 2 heterocycles. The van der Waals surface area contributed by atoms with Gasteiger partial charge in [-0.15, -0.1) is 16.4 Å². The van der Waals surface area contributed by atoms with Gasteiger partial charge in [-0.25, -0.2) is 4.79 Å². The second-order valence-corrected chi connectivity index (χ2v) is 6.05. The quantitative estimate of drug-likeness (QED) is 0.524. The lowest BCUT2D eigenvalue weighted by Gasteiger charge is -2.09. The van der Waals surface area contributed by atoms with Crippen LogP contribution in [0.15, 0.2) is 47.8 Å². The molecule has 0 bridgehead atoms. The summed E-state index contributed by atoms with van der Waals surface area (Å²) in [7, 11) is 1.47. The van der Waals surface area contributed by atoms with Crippen LogP contribution in [0.1, 0.15) is 4.88 Å². The Morgan fingerprint density at radius 1 is 1.23 bits per heavy atom. The number of likely N-dealkylation sites (N-methyl/N-ethyl adjacent to an activating group) is 1. The maximum Gasteiger partial charge on any atom is 0.357 e. The fourth-order valence-corrected chi connectivity index (χ4v) is 2.76. The van der Waals surface area contributed by atoms with Crippen LogP contribution in [-0.4, -0.2) is 45.7 Å². The molecule has 132 valence electrons. The number of esters is 1. The largest absolute Gasteiger partial charge is 0.451 e. The molecule has 26 heavy (non-hydrogen) atoms. The maximum atomic E-state index is 12.6. The summed E-state index contributed by atoms with van der Waals surface area (Å²) in [5.41, 5.74) is 0.855. The number of hydrogen-bond donors (Lipinski definition) is 1. The van der Waals surface area contributed by atoms with Gasteiger partial charge in [-0.2, -0.15) is 4.68 Å². The van der Waals surface area contributed by atoms with Gasteiger partial charge in [0.05, 0.1) is 0 Å². The predicted molar refractivity (Wildman–Crippen MR) is 96.8 cm³/mol. The van der Waals surface area contributed by atoms with E-state index in [1.54, 1.807) is 6.08 Å². The van der Waals surface area contributed by atoms with E-state index in [0.29, 0.717) is 5.82 Å². The van der Waals surface area contributed by atoms with Crippen LogP contribution < -0.4 is 5.32 Å². The number of carbonyl (C=O) groups excluding carboxylic acids is 2. The van der Waals surface area contributed by atoms with Crippen LogP contribution in [-0.2, 0) is 14.3 Å². The van der Waals surface area contributed by atoms with Crippen molar-refractivity contribution < 1.29 is 14.3 Å². The SMILES string of the molecule is CNC(=O)COC(=O)/C(=C/c1cccs1)n1nnnc1-c1ccccc1. The van der Waals surface area contributed by atoms with Gasteiger partial charge in [-0.1, -0.05) is 36.4 Å². The van der Waals surface area contributed by atoms with Crippen molar-refractivity contribution in [1.82, 2.24) is 25.5 Å². The Morgan fingerprint density at radius 3 is 2.73 bits per heavy atom. The van der Waals surface area contributed by atoms with Crippen molar-refractivity contribution in [2.75, 3.05) is 13.7 Å². The van der Waals surface area contributed by atoms with Crippen molar-refractivity contribution >= 4 is 35.0 Å². The van der Waals surface area contributed by atoms with Gasteiger partial charge >= 0.3 is 5.97 Å². The summed E-state index contributed by atoms with van der Waals surface area (Å²) in [4.78, 5) is 24.8. The van der Waals surface area contributed by atoms with Gasteiger partial charge in [0.2, 0.25) is 0 Å². The first-order valence-electron chi connectivity index (χ1n) is 7.66. The number of carbonyl (C=O) groups is 2. The Balaban J connectivity index is 1.99. The van der Waals surface area contributed by atoms with E-state index < -0.39 is 11.9 Å². The summed E-state index contributed by atoms with van der Waals surface area (Å²) in [5.74, 6) is -0.717. The highest BCUT2D eigenvalue weighted by atomic mass is 32.1. The summed E-state index contributed by atoms with van der Waals surface area (Å²) in [6.07, 6.45) is 1.62. The summed E-state index contributed by atoms with van der Waals surface area (Å²) in [5, 5.41) is 15.9. The number of aromatic nitrogens is 4. The van der Waals surface area contributed by atoms with Crippen molar-refractivity contribution in [2.45, 2.75) is 0 Å². The van der Waals surface area contributed by atoms with Crippen LogP contribution >= 0.6 is 11.3 Å². The normalized spacial score (nSPS) is 11.2. The van der Waals surface area contributed by atoms with Crippen LogP contribution in [0.3, 0.4) is 0 Å². The lowest BCUT2D eigenvalue weighted by atomic mass is 10.2. The molecule has 0 aliphatic carbocycles. The van der Waals surface area contributed by atoms with E-state index in [-0.39, 0.29) is 12.3 Å². The Bertz CT molecular complexity index is 919. The van der Waals surface area contributed by atoms with Gasteiger partial charge in [0.1, 0.15) is 0 Å². The lowest BCUT2D eigenvalue weighted by Crippen LogP contribution is -2.26. The van der Waals surface area contributed by atoms with Crippen LogP contribution in [0, 0.1) is 0 Å². The van der Waals surface area contributed by atoms with Crippen LogP contribution in [0.4, 0.5) is 0 Å². The van der Waals surface area contributed by atoms with Gasteiger partial charge in [-0.05, 0) is 27.9 Å². The molecule has 1 aromatic carbocycles. The first-order valence-corrected chi connectivity index (χ1v) is 8.54. The number of rotatable bonds is 6. The molecular formula is C17H15N5O3S. The van der Waals surface area contributed by atoms with E-state index in [4.69, 9.17) is 4.74 Å². The lowest BCUT2D eigenvalue weighted by molar-refractivity contribution is -0.143. The van der Waals surface area contributed by atoms with Crippen LogP contribution in [0.25, 0.3) is 23.2 Å². The average Bonchev–Trinajstić information content (AvgIpc) is 3.36. The van der Waals surface area contributed by atoms with Gasteiger partial charge in [-0.3, -0.25) is 4.79 Å². The predicted octanol–water partition coefficient (Wildman–Crippen LogP) is 1.69. The molecule has 8 nitrogen and oxygen atoms in total. The molecule has 1 N–H and O–H groups in total. The van der Waals surface area contributed by atoms with Crippen LogP contribution in [0.5, 0.6) is 0 Å². The van der Waals surface area contributed by atoms with E-state index in [1.807, 2.05) is 47.8 Å². The van der Waals surface area contributed by atoms with Crippen molar-refractivity contribution in [3.8, 4) is 11.4 Å². The molecular weight excluding hydrogens is 354 g/mol. The van der Waals surface area contributed by atoms with Gasteiger partial charge in [0.25, 0.3) is 5.91 Å². The molecule has 0 aliphatic heterocycles. The maximum absolute atomic E-state index is 12.6. The molecule has 0 spiro atoms. The first kappa shape index (κ1) is 17.5. The molecule has 0 fully saturated rings. The van der Waals surface area contributed by atoms with Crippen LogP contribution in [0.2, 0.25) is 0 Å². The smallest absolute Gasteiger partial charge is 0.357 e. The zero-order chi connectivity index (χ0) is 18.4. The molecule has 2 aromatic heterocycles. The van der Waals surface area contributed by atoms with E-state index >= 15 is 0 Å². The summed E-state index contributed by atoms with van der Waals surface area (Å²) in [6, 6.07) is 13.0. The van der Waals surface area contributed by atoms with E-state index in [1.165, 1.54) is 23.1 Å². The Morgan fingerprint density at radius 2 is 2.04 bits per heavy atom. The molecule has 0 aliphatic rings. The molecule has 3 aromatic rings. The second-order valence-electron chi connectivity index (χ2n) is 5.07. The van der Waals surface area contributed by atoms with E-state index in [0.717, 1.165) is 10.4 Å². The van der Waals surface area contributed by atoms with Crippen molar-refractivity contribution in [3.63, 3.8) is 0 Å². The molecule has 0 unspecified atom stereocenters. The molecule has 0 radical (unpaired) electrons. The third-order valence-electron chi connectivity index (χ3n) is 3.37. The zero-order valence-corrected chi connectivity index (χ0v) is 14.6. The minimum Gasteiger partial charge on any atom is -0.451 e. The highest BCUT2D eigenvalue weighted by molar-refractivity contribution is 7.10. The second kappa shape index (κ2) is 8.17. The standard InChI is InChI=1S/C17H15N5O3S/c1-18-15(23)11-25-17(24)14(10-13-8-5-9-26-13)22-16(19-20-21-22)12-6-3-2-4-7-12/h2-10H,11H2,1H3,(H,18,23)/b14-10-. The molecule has 3 rings (SSSR count). The van der Waals surface area contributed by atoms with E-state index in [2.05, 4.69) is 20.8 Å². The Labute approximate surface area is 153 Å². The highest BCUT2D eigenvalue weighted by Gasteiger charge is 2.21. The summed E-state index contributed by atoms with van der Waals surface area (Å²) in [6.45, 7) is -0.389. The third kappa shape index (κ3) is 4.01. The topological polar surface area (TPSA) is 99.0 Å². The number of benzene rings is 1. The number of nitrogens with one attached hydrogen (secondary N) is 1. The minimum absolute atomic E-state index is 0.111. The Kier molecular flexibility index (Phi) is 5.49. The number of hydrogen-bond acceptors (Lipinski definition) is 7. The molecule has 0 atom stereocenters. The highest BCUT2D eigenvalue weighted by Crippen LogP contribution is 2.22. The van der Waals surface area contributed by atoms with Gasteiger partial charge < -0.3 is 10.1 Å². The zero-order valence-electron chi connectivity index (χ0n) is 13.8. The molecule has 1 amide bonds. The summed E-state index contributed by atoms with van der Waals surface area (Å²) >= 11 is 1.45. The monoisotopic (exact) mass is 369 g/mol. The summed E-state index contributed by atoms with van der Waals surface area (Å²) < 4.78 is 6.40. The fourth-order valence-electron chi connectivity index (χ4n) is 2.11. The molecule has 9 heteroatoms.